The van der Waals surface area contributed by atoms with E-state index in [1.165, 1.54) is 43.9 Å². The predicted molar refractivity (Wildman–Crippen MR) is 407 cm³/mol. The molecule has 0 heterocycles. The van der Waals surface area contributed by atoms with Crippen LogP contribution in [0.5, 0.6) is 0 Å². The third-order valence-corrected chi connectivity index (χ3v) is 19.1. The van der Waals surface area contributed by atoms with E-state index >= 15 is 0 Å². The summed E-state index contributed by atoms with van der Waals surface area (Å²) in [7, 11) is -4.17. The molecule has 0 saturated heterocycles. The van der Waals surface area contributed by atoms with Gasteiger partial charge in [-0.05, 0) is 183 Å². The Morgan fingerprint density at radius 1 is 0.409 bits per heavy atom. The number of hydrogen-bond donors (Lipinski definition) is 0. The minimum absolute atomic E-state index is 0. The molecule has 0 aliphatic heterocycles. The Bertz CT molecular complexity index is 3970. The first-order chi connectivity index (χ1) is 44.4. The zero-order valence-corrected chi connectivity index (χ0v) is 62.7. The van der Waals surface area contributed by atoms with Gasteiger partial charge in [-0.15, -0.1) is 0 Å². The quantitative estimate of drug-likeness (QED) is 0.0229. The van der Waals surface area contributed by atoms with E-state index in [1.54, 1.807) is 26.0 Å². The molecule has 0 unspecified atom stereocenters. The standard InChI is InChI=1S/C30H22BrN.C23H17NO.C10H14BrO3P.C7H6Br2.C6H15O3P.CH4.Na.H/c31-26-19-15-23(16-20-26)13-14-24-17-21-28(22-18-24)32(27-9-2-1-3-10-27)30-12-6-8-25-7-4-5-11-29(25)30;25-17-18-13-15-21(16-14-18)24(20-9-2-1-3-10-20)23-12-6-8-19-7-4-5-11-22(19)23;1-3-13-15(12,14-4-2)10-7-5-9(11)6-8-10;8-5-6-1-3-7(9)4-2-6;1-4-7-10(8-5-2)9-6-3;;;/h1-22H;1-17H;5-8H,3-4H2,1-2H3;1-4H,5H2;4-6H2,1-3H3;1H4;;/q;;;;;;+1;-1/b14-13+;;;;;;;. The topological polar surface area (TPSA) is 86.8 Å². The maximum Gasteiger partial charge on any atom is 1.00 e. The van der Waals surface area contributed by atoms with Gasteiger partial charge in [-0.25, -0.2) is 0 Å². The number of fused-ring (bicyclic) bond motifs is 2. The van der Waals surface area contributed by atoms with Crippen molar-refractivity contribution in [2.24, 2.45) is 0 Å². The van der Waals surface area contributed by atoms with Crippen LogP contribution in [-0.2, 0) is 32.5 Å². The van der Waals surface area contributed by atoms with Crippen LogP contribution in [0.2, 0.25) is 0 Å². The van der Waals surface area contributed by atoms with E-state index < -0.39 is 16.2 Å². The zero-order valence-electron chi connectivity index (χ0n) is 53.5. The summed E-state index contributed by atoms with van der Waals surface area (Å²) in [6, 6.07) is 90.6. The number of carbonyl (C=O) groups is 1. The van der Waals surface area contributed by atoms with Gasteiger partial charge in [-0.1, -0.05) is 229 Å². The van der Waals surface area contributed by atoms with Crippen LogP contribution in [0.15, 0.2) is 280 Å². The molecule has 0 fully saturated rings. The van der Waals surface area contributed by atoms with Gasteiger partial charge in [0.05, 0.1) is 49.7 Å². The van der Waals surface area contributed by atoms with E-state index in [9.17, 15) is 9.36 Å². The van der Waals surface area contributed by atoms with E-state index in [4.69, 9.17) is 22.6 Å². The van der Waals surface area contributed by atoms with Crippen molar-refractivity contribution in [3.05, 3.63) is 303 Å². The molecule has 0 spiro atoms. The maximum atomic E-state index is 12.3. The van der Waals surface area contributed by atoms with Gasteiger partial charge in [-0.2, -0.15) is 0 Å². The van der Waals surface area contributed by atoms with Crippen molar-refractivity contribution in [2.75, 3.05) is 42.8 Å². The molecular formula is C77H79Br4N2NaO7P2. The normalized spacial score (nSPS) is 10.6. The fourth-order valence-corrected chi connectivity index (χ4v) is 12.8. The number of alkyl halides is 1. The Hall–Kier alpha value is -5.67. The molecule has 0 saturated carbocycles. The van der Waals surface area contributed by atoms with Gasteiger partial charge in [0.2, 0.25) is 0 Å². The van der Waals surface area contributed by atoms with Crippen LogP contribution in [0.1, 0.15) is 70.5 Å². The van der Waals surface area contributed by atoms with E-state index in [0.29, 0.717) is 43.9 Å². The van der Waals surface area contributed by atoms with Crippen molar-refractivity contribution in [1.82, 2.24) is 0 Å². The molecule has 0 bridgehead atoms. The zero-order chi connectivity index (χ0) is 64.6. The molecule has 9 nitrogen and oxygen atoms in total. The third-order valence-electron chi connectivity index (χ3n) is 13.3. The van der Waals surface area contributed by atoms with Crippen LogP contribution in [0, 0.1) is 0 Å². The summed E-state index contributed by atoms with van der Waals surface area (Å²) in [5, 5.41) is 6.38. The SMILES string of the molecule is BrCc1ccc(Br)cc1.Brc1ccc(/C=C/c2ccc(N(c3ccccc3)c3cccc4ccccc34)cc2)cc1.C.CCOP(=O)(OCC)c1ccc(Br)cc1.CCOP(OCC)OCC.O=Cc1ccc(N(c2ccccc2)c2cccc3ccccc23)cc1.[H-].[Na+]. The van der Waals surface area contributed by atoms with Gasteiger partial charge in [0.1, 0.15) is 6.29 Å². The number of aldehydes is 1. The molecular weight excluding hydrogens is 1470 g/mol. The summed E-state index contributed by atoms with van der Waals surface area (Å²) in [5.41, 5.74) is 11.0. The molecule has 0 amide bonds. The van der Waals surface area contributed by atoms with Crippen LogP contribution in [-0.4, -0.2) is 39.3 Å². The van der Waals surface area contributed by atoms with Crippen LogP contribution in [0.4, 0.5) is 34.1 Å². The first-order valence-electron chi connectivity index (χ1n) is 29.8. The molecule has 0 N–H and O–H groups in total. The largest absolute Gasteiger partial charge is 1.00 e. The summed E-state index contributed by atoms with van der Waals surface area (Å²) in [4.78, 5) is 15.5. The Morgan fingerprint density at radius 3 is 1.12 bits per heavy atom. The number of hydrogen-bond acceptors (Lipinski definition) is 9. The van der Waals surface area contributed by atoms with Gasteiger partial charge < -0.3 is 33.8 Å². The van der Waals surface area contributed by atoms with Crippen molar-refractivity contribution in [3.63, 3.8) is 0 Å². The molecule has 16 heteroatoms. The minimum Gasteiger partial charge on any atom is -1.00 e. The third kappa shape index (κ3) is 24.5. The molecule has 93 heavy (non-hydrogen) atoms. The second-order valence-corrected chi connectivity index (χ2v) is 26.1. The second kappa shape index (κ2) is 42.7. The van der Waals surface area contributed by atoms with Crippen molar-refractivity contribution in [1.29, 1.82) is 0 Å². The molecule has 0 aliphatic carbocycles. The van der Waals surface area contributed by atoms with Crippen molar-refractivity contribution in [2.45, 2.75) is 47.4 Å². The van der Waals surface area contributed by atoms with E-state index in [-0.39, 0.29) is 38.4 Å². The number of nitrogens with zero attached hydrogens (tertiary/aromatic N) is 2. The maximum absolute atomic E-state index is 12.3. The van der Waals surface area contributed by atoms with Crippen molar-refractivity contribution < 1.29 is 63.0 Å². The van der Waals surface area contributed by atoms with Gasteiger partial charge >= 0.3 is 45.8 Å². The van der Waals surface area contributed by atoms with Gasteiger partial charge in [0, 0.05) is 57.8 Å². The molecule has 0 aliphatic rings. The van der Waals surface area contributed by atoms with Crippen molar-refractivity contribution >= 4 is 159 Å². The van der Waals surface area contributed by atoms with Gasteiger partial charge in [0.15, 0.2) is 0 Å². The van der Waals surface area contributed by atoms with Crippen LogP contribution < -0.4 is 44.7 Å². The average molecular weight is 1550 g/mol. The van der Waals surface area contributed by atoms with Gasteiger partial charge in [0.25, 0.3) is 0 Å². The fraction of sp³-hybridized carbons (Fsp3) is 0.156. The molecule has 11 aromatic rings. The van der Waals surface area contributed by atoms with E-state index in [0.717, 1.165) is 53.5 Å². The smallest absolute Gasteiger partial charge is 1.00 e. The fourth-order valence-electron chi connectivity index (χ4n) is 9.17. The van der Waals surface area contributed by atoms with Crippen molar-refractivity contribution in [3.8, 4) is 0 Å². The Kier molecular flexibility index (Phi) is 35.8. The minimum atomic E-state index is -3.11. The number of benzene rings is 11. The van der Waals surface area contributed by atoms with Crippen LogP contribution in [0.25, 0.3) is 33.7 Å². The first kappa shape index (κ1) is 78.0. The summed E-state index contributed by atoms with van der Waals surface area (Å²) in [6.07, 6.45) is 5.16. The summed E-state index contributed by atoms with van der Waals surface area (Å²) < 4.78 is 41.3. The number of para-hydroxylation sites is 2. The Balaban J connectivity index is 0.000000270. The first-order valence-corrected chi connectivity index (χ1v) is 36.0. The van der Waals surface area contributed by atoms with E-state index in [2.05, 4.69) is 274 Å². The number of carbonyl (C=O) groups excluding carboxylic acids is 1. The summed E-state index contributed by atoms with van der Waals surface area (Å²) >= 11 is 13.5. The number of rotatable bonds is 21. The number of halogens is 4. The van der Waals surface area contributed by atoms with Crippen LogP contribution >= 0.6 is 79.9 Å². The van der Waals surface area contributed by atoms with Gasteiger partial charge in [-0.3, -0.25) is 9.36 Å². The second-order valence-electron chi connectivity index (χ2n) is 19.6. The molecule has 11 aromatic carbocycles. The number of anilines is 6. The summed E-state index contributed by atoms with van der Waals surface area (Å²) in [5.74, 6) is 0. The Morgan fingerprint density at radius 2 is 0.742 bits per heavy atom. The molecule has 0 aromatic heterocycles. The monoisotopic (exact) mass is 1540 g/mol. The average Bonchev–Trinajstić information content (AvgIpc) is 0.816. The predicted octanol–water partition coefficient (Wildman–Crippen LogP) is 22.1. The van der Waals surface area contributed by atoms with Crippen LogP contribution in [0.3, 0.4) is 0 Å². The summed E-state index contributed by atoms with van der Waals surface area (Å²) in [6.45, 7) is 12.0. The molecule has 11 rings (SSSR count). The molecule has 478 valence electrons. The Labute approximate surface area is 609 Å². The van der Waals surface area contributed by atoms with E-state index in [1.807, 2.05) is 87.5 Å². The molecule has 0 radical (unpaired) electrons. The molecule has 0 atom stereocenters.